The van der Waals surface area contributed by atoms with E-state index in [1.54, 1.807) is 19.1 Å². The minimum Gasteiger partial charge on any atom is -0.493 e. The first-order valence-corrected chi connectivity index (χ1v) is 9.36. The zero-order valence-corrected chi connectivity index (χ0v) is 15.1. The molecular formula is C16H15ClN4O4S. The Balaban J connectivity index is 2.04. The van der Waals surface area contributed by atoms with Gasteiger partial charge in [-0.25, -0.2) is 13.6 Å². The molecule has 3 aromatic rings. The maximum absolute atomic E-state index is 11.3. The van der Waals surface area contributed by atoms with Crippen molar-refractivity contribution in [1.29, 1.82) is 0 Å². The molecule has 1 atom stereocenters. The Bertz CT molecular complexity index is 1110. The van der Waals surface area contributed by atoms with Gasteiger partial charge in [0, 0.05) is 0 Å². The van der Waals surface area contributed by atoms with Gasteiger partial charge in [-0.15, -0.1) is 5.11 Å². The van der Waals surface area contributed by atoms with Gasteiger partial charge in [0.1, 0.15) is 0 Å². The highest BCUT2D eigenvalue weighted by molar-refractivity contribution is 7.89. The molecule has 0 spiro atoms. The van der Waals surface area contributed by atoms with E-state index < -0.39 is 16.1 Å². The predicted octanol–water partition coefficient (Wildman–Crippen LogP) is 3.64. The molecular weight excluding hydrogens is 380 g/mol. The highest BCUT2D eigenvalue weighted by atomic mass is 35.5. The fraction of sp³-hybridized carbons (Fsp3) is 0.125. The fourth-order valence-corrected chi connectivity index (χ4v) is 3.39. The largest absolute Gasteiger partial charge is 0.493 e. The number of halogens is 1. The lowest BCUT2D eigenvalue weighted by Crippen LogP contribution is -2.11. The summed E-state index contributed by atoms with van der Waals surface area (Å²) in [5.41, 5.74) is 1.50. The zero-order valence-electron chi connectivity index (χ0n) is 13.5. The number of hydrogen-bond donors (Lipinski definition) is 4. The van der Waals surface area contributed by atoms with Crippen molar-refractivity contribution >= 4 is 43.9 Å². The minimum absolute atomic E-state index is 0.0454. The highest BCUT2D eigenvalue weighted by Crippen LogP contribution is 2.42. The van der Waals surface area contributed by atoms with Crippen LogP contribution in [0.1, 0.15) is 18.6 Å². The van der Waals surface area contributed by atoms with Gasteiger partial charge in [-0.05, 0) is 42.8 Å². The van der Waals surface area contributed by atoms with E-state index in [0.717, 1.165) is 0 Å². The number of hydrogen-bond acceptors (Lipinski definition) is 6. The number of fused-ring (bicyclic) bond motifs is 1. The number of benzene rings is 2. The van der Waals surface area contributed by atoms with Crippen LogP contribution in [0.4, 0.5) is 11.4 Å². The average Bonchev–Trinajstić information content (AvgIpc) is 2.88. The minimum atomic E-state index is -3.79. The van der Waals surface area contributed by atoms with Crippen LogP contribution in [0.25, 0.3) is 10.9 Å². The van der Waals surface area contributed by atoms with Gasteiger partial charge in [0.15, 0.2) is 5.69 Å². The molecule has 0 amide bonds. The first kappa shape index (κ1) is 18.3. The number of sulfonamides is 1. The van der Waals surface area contributed by atoms with Crippen molar-refractivity contribution in [3.63, 3.8) is 0 Å². The molecule has 0 fully saturated rings. The van der Waals surface area contributed by atoms with Crippen molar-refractivity contribution in [2.75, 3.05) is 0 Å². The standard InChI is InChI=1S/C16H15ClN4O4S/c1-8(22)11-6-7-12-13(14(11)17)15(16(23)19-12)21-20-9-2-4-10(5-3-9)26(18,24)25/h2-8,19,22-23H,1H3,(H2,18,24,25). The molecule has 0 aliphatic carbocycles. The van der Waals surface area contributed by atoms with Gasteiger partial charge < -0.3 is 15.2 Å². The summed E-state index contributed by atoms with van der Waals surface area (Å²) in [6.07, 6.45) is -0.792. The topological polar surface area (TPSA) is 141 Å². The van der Waals surface area contributed by atoms with Gasteiger partial charge in [-0.1, -0.05) is 17.7 Å². The second-order valence-electron chi connectivity index (χ2n) is 5.63. The molecule has 1 aromatic heterocycles. The van der Waals surface area contributed by atoms with Gasteiger partial charge >= 0.3 is 0 Å². The predicted molar refractivity (Wildman–Crippen MR) is 97.6 cm³/mol. The van der Waals surface area contributed by atoms with Gasteiger partial charge in [0.25, 0.3) is 0 Å². The van der Waals surface area contributed by atoms with Crippen LogP contribution in [0, 0.1) is 0 Å². The van der Waals surface area contributed by atoms with Gasteiger partial charge in [-0.2, -0.15) is 5.11 Å². The number of aromatic hydroxyl groups is 1. The van der Waals surface area contributed by atoms with Crippen molar-refractivity contribution in [2.45, 2.75) is 17.9 Å². The third-order valence-electron chi connectivity index (χ3n) is 3.77. The van der Waals surface area contributed by atoms with Gasteiger partial charge in [-0.3, -0.25) is 0 Å². The molecule has 1 heterocycles. The molecule has 2 aromatic carbocycles. The Morgan fingerprint density at radius 1 is 1.15 bits per heavy atom. The summed E-state index contributed by atoms with van der Waals surface area (Å²) >= 11 is 6.33. The maximum atomic E-state index is 11.3. The lowest BCUT2D eigenvalue weighted by atomic mass is 10.1. The van der Waals surface area contributed by atoms with E-state index in [2.05, 4.69) is 15.2 Å². The molecule has 3 rings (SSSR count). The van der Waals surface area contributed by atoms with E-state index in [-0.39, 0.29) is 21.5 Å². The SMILES string of the molecule is CC(O)c1ccc2[nH]c(O)c(N=Nc3ccc(S(N)(=O)=O)cc3)c2c1Cl. The lowest BCUT2D eigenvalue weighted by molar-refractivity contribution is 0.199. The van der Waals surface area contributed by atoms with E-state index in [1.807, 2.05) is 0 Å². The van der Waals surface area contributed by atoms with Crippen LogP contribution in [0.2, 0.25) is 5.02 Å². The first-order valence-electron chi connectivity index (χ1n) is 7.44. The summed E-state index contributed by atoms with van der Waals surface area (Å²) < 4.78 is 22.5. The van der Waals surface area contributed by atoms with Crippen LogP contribution >= 0.6 is 11.6 Å². The summed E-state index contributed by atoms with van der Waals surface area (Å²) in [6, 6.07) is 8.78. The average molecular weight is 395 g/mol. The number of nitrogens with zero attached hydrogens (tertiary/aromatic N) is 2. The van der Waals surface area contributed by atoms with Gasteiger partial charge in [0.05, 0.1) is 32.6 Å². The Labute approximate surface area is 154 Å². The third kappa shape index (κ3) is 3.42. The number of aromatic nitrogens is 1. The molecule has 26 heavy (non-hydrogen) atoms. The molecule has 8 nitrogen and oxygen atoms in total. The summed E-state index contributed by atoms with van der Waals surface area (Å²) in [6.45, 7) is 1.58. The molecule has 10 heteroatoms. The number of rotatable bonds is 4. The molecule has 0 aliphatic heterocycles. The van der Waals surface area contributed by atoms with Crippen molar-refractivity contribution in [2.24, 2.45) is 15.4 Å². The maximum Gasteiger partial charge on any atom is 0.238 e. The second kappa shape index (κ2) is 6.69. The monoisotopic (exact) mass is 394 g/mol. The Morgan fingerprint density at radius 2 is 1.81 bits per heavy atom. The molecule has 0 saturated carbocycles. The molecule has 0 aliphatic rings. The van der Waals surface area contributed by atoms with E-state index in [0.29, 0.717) is 22.2 Å². The second-order valence-corrected chi connectivity index (χ2v) is 7.57. The molecule has 0 saturated heterocycles. The van der Waals surface area contributed by atoms with Crippen LogP contribution in [-0.4, -0.2) is 23.6 Å². The number of azo groups is 1. The number of aliphatic hydroxyl groups is 1. The number of H-pyrrole nitrogens is 1. The number of nitrogens with one attached hydrogen (secondary N) is 1. The molecule has 1 unspecified atom stereocenters. The molecule has 136 valence electrons. The first-order chi connectivity index (χ1) is 12.2. The van der Waals surface area contributed by atoms with E-state index in [4.69, 9.17) is 16.7 Å². The smallest absolute Gasteiger partial charge is 0.238 e. The van der Waals surface area contributed by atoms with Crippen molar-refractivity contribution in [3.05, 3.63) is 47.0 Å². The van der Waals surface area contributed by atoms with Crippen LogP contribution in [0.5, 0.6) is 5.88 Å². The van der Waals surface area contributed by atoms with Crippen molar-refractivity contribution in [1.82, 2.24) is 4.98 Å². The molecule has 5 N–H and O–H groups in total. The molecule has 0 bridgehead atoms. The molecule has 0 radical (unpaired) electrons. The summed E-state index contributed by atoms with van der Waals surface area (Å²) in [5.74, 6) is -0.227. The lowest BCUT2D eigenvalue weighted by Gasteiger charge is -2.08. The van der Waals surface area contributed by atoms with Crippen LogP contribution in [-0.2, 0) is 10.0 Å². The number of aromatic amines is 1. The van der Waals surface area contributed by atoms with E-state index in [1.165, 1.54) is 24.3 Å². The number of aliphatic hydroxyl groups excluding tert-OH is 1. The van der Waals surface area contributed by atoms with E-state index in [9.17, 15) is 18.6 Å². The van der Waals surface area contributed by atoms with Crippen LogP contribution in [0.3, 0.4) is 0 Å². The van der Waals surface area contributed by atoms with E-state index >= 15 is 0 Å². The Morgan fingerprint density at radius 3 is 2.38 bits per heavy atom. The Kier molecular flexibility index (Phi) is 4.72. The zero-order chi connectivity index (χ0) is 19.1. The third-order valence-corrected chi connectivity index (χ3v) is 5.10. The number of primary sulfonamides is 1. The summed E-state index contributed by atoms with van der Waals surface area (Å²) in [5, 5.41) is 33.6. The normalized spacial score (nSPS) is 13.5. The van der Waals surface area contributed by atoms with Crippen LogP contribution < -0.4 is 5.14 Å². The summed E-state index contributed by atoms with van der Waals surface area (Å²) in [4.78, 5) is 2.69. The van der Waals surface area contributed by atoms with Crippen molar-refractivity contribution < 1.29 is 18.6 Å². The highest BCUT2D eigenvalue weighted by Gasteiger charge is 2.18. The quantitative estimate of drug-likeness (QED) is 0.501. The van der Waals surface area contributed by atoms with Crippen LogP contribution in [0.15, 0.2) is 51.5 Å². The van der Waals surface area contributed by atoms with Crippen molar-refractivity contribution in [3.8, 4) is 5.88 Å². The van der Waals surface area contributed by atoms with Gasteiger partial charge in [0.2, 0.25) is 15.9 Å². The summed E-state index contributed by atoms with van der Waals surface area (Å²) in [7, 11) is -3.79. The fourth-order valence-electron chi connectivity index (χ4n) is 2.46. The number of nitrogens with two attached hydrogens (primary N) is 1. The Hall–Kier alpha value is -2.46.